The molecule has 0 heterocycles. The van der Waals surface area contributed by atoms with Crippen molar-refractivity contribution in [3.8, 4) is 0 Å². The molecule has 0 saturated carbocycles. The number of hydrogen-bond donors (Lipinski definition) is 1. The Hall–Kier alpha value is 0.100. The van der Waals surface area contributed by atoms with Crippen LogP contribution in [-0.2, 0) is 0 Å². The van der Waals surface area contributed by atoms with Crippen LogP contribution >= 0.6 is 8.58 Å². The Morgan fingerprint density at radius 3 is 1.45 bits per heavy atom. The minimum atomic E-state index is 0.0612. The Morgan fingerprint density at radius 2 is 1.36 bits per heavy atom. The molecule has 11 heavy (non-hydrogen) atoms. The minimum absolute atomic E-state index is 0.0612. The standard InChI is InChI=1S/C9H20NP/c1-8(2,3)7(10)11-9(4,5)6/h10-11H,1-6H3. The molecule has 0 aliphatic heterocycles. The van der Waals surface area contributed by atoms with E-state index < -0.39 is 0 Å². The number of rotatable bonds is 1. The summed E-state index contributed by atoms with van der Waals surface area (Å²) in [7, 11) is 0.650. The average molecular weight is 173 g/mol. The van der Waals surface area contributed by atoms with Crippen molar-refractivity contribution in [1.82, 2.24) is 0 Å². The average Bonchev–Trinajstić information content (AvgIpc) is 1.56. The lowest BCUT2D eigenvalue weighted by Crippen LogP contribution is -2.20. The van der Waals surface area contributed by atoms with Crippen molar-refractivity contribution in [2.24, 2.45) is 5.41 Å². The molecule has 0 aliphatic rings. The predicted octanol–water partition coefficient (Wildman–Crippen LogP) is 3.49. The van der Waals surface area contributed by atoms with Gasteiger partial charge in [-0.1, -0.05) is 50.1 Å². The van der Waals surface area contributed by atoms with E-state index in [1.807, 2.05) is 0 Å². The summed E-state index contributed by atoms with van der Waals surface area (Å²) in [5.41, 5.74) is 0.941. The lowest BCUT2D eigenvalue weighted by atomic mass is 9.99. The smallest absolute Gasteiger partial charge is 0.0346 e. The van der Waals surface area contributed by atoms with Gasteiger partial charge in [0, 0.05) is 10.9 Å². The summed E-state index contributed by atoms with van der Waals surface area (Å²) in [4.78, 5) is 0. The molecule has 0 aromatic heterocycles. The zero-order valence-electron chi connectivity index (χ0n) is 8.50. The molecule has 1 atom stereocenters. The van der Waals surface area contributed by atoms with Gasteiger partial charge in [0.25, 0.3) is 0 Å². The van der Waals surface area contributed by atoms with E-state index in [-0.39, 0.29) is 10.6 Å². The van der Waals surface area contributed by atoms with Crippen LogP contribution in [-0.4, -0.2) is 10.6 Å². The number of nitrogens with one attached hydrogen (secondary N) is 1. The van der Waals surface area contributed by atoms with Crippen molar-refractivity contribution < 1.29 is 0 Å². The summed E-state index contributed by atoms with van der Waals surface area (Å²) in [5, 5.41) is 8.09. The first kappa shape index (κ1) is 11.1. The van der Waals surface area contributed by atoms with Gasteiger partial charge in [0.05, 0.1) is 0 Å². The summed E-state index contributed by atoms with van der Waals surface area (Å²) in [5.74, 6) is 0. The van der Waals surface area contributed by atoms with Crippen molar-refractivity contribution >= 4 is 14.0 Å². The van der Waals surface area contributed by atoms with Crippen molar-refractivity contribution in [2.45, 2.75) is 46.7 Å². The van der Waals surface area contributed by atoms with Gasteiger partial charge in [-0.25, -0.2) is 0 Å². The Bertz CT molecular complexity index is 148. The molecule has 1 N–H and O–H groups in total. The maximum Gasteiger partial charge on any atom is 0.0346 e. The fraction of sp³-hybridized carbons (Fsp3) is 0.889. The molecule has 0 rings (SSSR count). The first-order valence-electron chi connectivity index (χ1n) is 4.00. The van der Waals surface area contributed by atoms with Crippen LogP contribution in [0.5, 0.6) is 0 Å². The molecule has 0 fully saturated rings. The number of hydrogen-bond acceptors (Lipinski definition) is 1. The monoisotopic (exact) mass is 173 g/mol. The van der Waals surface area contributed by atoms with E-state index in [0.29, 0.717) is 8.58 Å². The molecule has 1 nitrogen and oxygen atoms in total. The minimum Gasteiger partial charge on any atom is -0.305 e. The predicted molar refractivity (Wildman–Crippen MR) is 55.2 cm³/mol. The molecular weight excluding hydrogens is 153 g/mol. The SMILES string of the molecule is CC(C)(C)PC(=N)C(C)(C)C. The molecule has 0 aromatic rings. The zero-order valence-corrected chi connectivity index (χ0v) is 9.50. The Morgan fingerprint density at radius 1 is 1.00 bits per heavy atom. The Kier molecular flexibility index (Phi) is 3.26. The molecule has 0 amide bonds. The first-order chi connectivity index (χ1) is 4.63. The fourth-order valence-corrected chi connectivity index (χ4v) is 1.69. The van der Waals surface area contributed by atoms with Gasteiger partial charge in [-0.15, -0.1) is 0 Å². The summed E-state index contributed by atoms with van der Waals surface area (Å²) in [6.45, 7) is 12.9. The molecule has 0 aromatic carbocycles. The van der Waals surface area contributed by atoms with Crippen LogP contribution in [0.4, 0.5) is 0 Å². The lowest BCUT2D eigenvalue weighted by molar-refractivity contribution is 0.596. The van der Waals surface area contributed by atoms with E-state index in [2.05, 4.69) is 41.5 Å². The van der Waals surface area contributed by atoms with E-state index in [9.17, 15) is 0 Å². The van der Waals surface area contributed by atoms with Gasteiger partial charge < -0.3 is 5.41 Å². The second-order valence-corrected chi connectivity index (χ2v) is 7.25. The van der Waals surface area contributed by atoms with Crippen molar-refractivity contribution in [3.63, 3.8) is 0 Å². The second-order valence-electron chi connectivity index (χ2n) is 5.00. The first-order valence-corrected chi connectivity index (χ1v) is 5.00. The molecule has 2 heteroatoms. The Balaban J connectivity index is 4.11. The van der Waals surface area contributed by atoms with Crippen LogP contribution in [0.15, 0.2) is 0 Å². The summed E-state index contributed by atoms with van der Waals surface area (Å²) < 4.78 is 0. The third-order valence-electron chi connectivity index (χ3n) is 1.25. The highest BCUT2D eigenvalue weighted by Crippen LogP contribution is 2.37. The van der Waals surface area contributed by atoms with Gasteiger partial charge in [-0.2, -0.15) is 0 Å². The molecule has 0 bridgehead atoms. The van der Waals surface area contributed by atoms with E-state index in [1.165, 1.54) is 0 Å². The van der Waals surface area contributed by atoms with Gasteiger partial charge in [0.15, 0.2) is 0 Å². The van der Waals surface area contributed by atoms with Crippen LogP contribution in [0.2, 0.25) is 0 Å². The normalized spacial score (nSPS) is 14.4. The molecule has 66 valence electrons. The van der Waals surface area contributed by atoms with E-state index >= 15 is 0 Å². The third-order valence-corrected chi connectivity index (χ3v) is 3.00. The van der Waals surface area contributed by atoms with Crippen LogP contribution < -0.4 is 0 Å². The quantitative estimate of drug-likeness (QED) is 0.463. The molecule has 0 saturated heterocycles. The highest BCUT2D eigenvalue weighted by molar-refractivity contribution is 7.59. The van der Waals surface area contributed by atoms with Gasteiger partial charge in [-0.3, -0.25) is 0 Å². The van der Waals surface area contributed by atoms with Gasteiger partial charge in [0.1, 0.15) is 0 Å². The van der Waals surface area contributed by atoms with Crippen LogP contribution in [0, 0.1) is 10.8 Å². The van der Waals surface area contributed by atoms with Crippen LogP contribution in [0.25, 0.3) is 0 Å². The highest BCUT2D eigenvalue weighted by Gasteiger charge is 2.22. The van der Waals surface area contributed by atoms with E-state index in [4.69, 9.17) is 5.41 Å². The largest absolute Gasteiger partial charge is 0.305 e. The van der Waals surface area contributed by atoms with E-state index in [0.717, 1.165) is 5.45 Å². The molecule has 1 unspecified atom stereocenters. The van der Waals surface area contributed by atoms with Crippen molar-refractivity contribution in [1.29, 1.82) is 5.41 Å². The van der Waals surface area contributed by atoms with Crippen molar-refractivity contribution in [2.75, 3.05) is 0 Å². The summed E-state index contributed by atoms with van der Waals surface area (Å²) in [6.07, 6.45) is 0. The van der Waals surface area contributed by atoms with E-state index in [1.54, 1.807) is 0 Å². The van der Waals surface area contributed by atoms with Gasteiger partial charge >= 0.3 is 0 Å². The molecular formula is C9H20NP. The lowest BCUT2D eigenvalue weighted by Gasteiger charge is -2.26. The summed E-state index contributed by atoms with van der Waals surface area (Å²) in [6, 6.07) is 0. The van der Waals surface area contributed by atoms with Gasteiger partial charge in [-0.05, 0) is 5.16 Å². The zero-order chi connectivity index (χ0) is 9.28. The maximum absolute atomic E-state index is 7.81. The third kappa shape index (κ3) is 5.38. The Labute approximate surface area is 72.3 Å². The molecule has 0 aliphatic carbocycles. The van der Waals surface area contributed by atoms with Crippen LogP contribution in [0.3, 0.4) is 0 Å². The second kappa shape index (κ2) is 3.23. The van der Waals surface area contributed by atoms with Crippen LogP contribution in [0.1, 0.15) is 41.5 Å². The molecule has 0 spiro atoms. The fourth-order valence-electron chi connectivity index (χ4n) is 0.562. The van der Waals surface area contributed by atoms with Crippen molar-refractivity contribution in [3.05, 3.63) is 0 Å². The molecule has 0 radical (unpaired) electrons. The summed E-state index contributed by atoms with van der Waals surface area (Å²) >= 11 is 0. The topological polar surface area (TPSA) is 23.9 Å². The maximum atomic E-state index is 7.81. The highest BCUT2D eigenvalue weighted by atomic mass is 31.1. The van der Waals surface area contributed by atoms with Gasteiger partial charge in [0.2, 0.25) is 0 Å².